The molecule has 108 valence electrons. The van der Waals surface area contributed by atoms with Crippen LogP contribution in [0.4, 0.5) is 18.9 Å². The molecule has 1 rings (SSSR count). The van der Waals surface area contributed by atoms with E-state index in [1.54, 1.807) is 6.07 Å². The monoisotopic (exact) mass is 285 g/mol. The Morgan fingerprint density at radius 3 is 2.65 bits per heavy atom. The van der Waals surface area contributed by atoms with Crippen LogP contribution in [0.3, 0.4) is 0 Å². The first-order chi connectivity index (χ1) is 9.27. The van der Waals surface area contributed by atoms with Crippen LogP contribution in [0.1, 0.15) is 30.9 Å². The normalized spacial score (nSPS) is 12.6. The summed E-state index contributed by atoms with van der Waals surface area (Å²) in [4.78, 5) is 11.6. The first kappa shape index (κ1) is 16.0. The van der Waals surface area contributed by atoms with Crippen LogP contribution in [-0.2, 0) is 11.0 Å². The minimum absolute atomic E-state index is 0.0440. The summed E-state index contributed by atoms with van der Waals surface area (Å²) in [5.74, 6) is -0.435. The van der Waals surface area contributed by atoms with Crippen molar-refractivity contribution in [3.8, 4) is 6.07 Å². The molecule has 1 atom stereocenters. The van der Waals surface area contributed by atoms with E-state index in [1.807, 2.05) is 6.92 Å². The molecule has 0 heterocycles. The molecule has 1 aromatic carbocycles. The molecular formula is C13H14F3N3O. The van der Waals surface area contributed by atoms with E-state index in [-0.39, 0.29) is 23.7 Å². The largest absolute Gasteiger partial charge is 0.416 e. The first-order valence-corrected chi connectivity index (χ1v) is 5.94. The van der Waals surface area contributed by atoms with Crippen molar-refractivity contribution in [1.29, 1.82) is 5.26 Å². The van der Waals surface area contributed by atoms with Crippen molar-refractivity contribution in [2.45, 2.75) is 32.0 Å². The molecule has 0 spiro atoms. The van der Waals surface area contributed by atoms with Gasteiger partial charge in [0.15, 0.2) is 0 Å². The molecule has 0 radical (unpaired) electrons. The van der Waals surface area contributed by atoms with Gasteiger partial charge in [-0.15, -0.1) is 0 Å². The summed E-state index contributed by atoms with van der Waals surface area (Å²) in [5.41, 5.74) is 4.48. The van der Waals surface area contributed by atoms with Crippen LogP contribution in [0.2, 0.25) is 0 Å². The van der Waals surface area contributed by atoms with E-state index in [9.17, 15) is 18.0 Å². The number of amides is 1. The van der Waals surface area contributed by atoms with Crippen LogP contribution in [0.25, 0.3) is 0 Å². The van der Waals surface area contributed by atoms with Crippen LogP contribution < -0.4 is 11.1 Å². The molecule has 0 aliphatic carbocycles. The second-order valence-electron chi connectivity index (χ2n) is 4.29. The van der Waals surface area contributed by atoms with E-state index in [2.05, 4.69) is 5.32 Å². The van der Waals surface area contributed by atoms with Gasteiger partial charge in [0, 0.05) is 12.5 Å². The Morgan fingerprint density at radius 1 is 1.50 bits per heavy atom. The van der Waals surface area contributed by atoms with Crippen LogP contribution in [0.5, 0.6) is 0 Å². The van der Waals surface area contributed by atoms with E-state index in [1.165, 1.54) is 0 Å². The molecule has 0 bridgehead atoms. The Balaban J connectivity index is 2.92. The Kier molecular flexibility index (Phi) is 5.11. The number of anilines is 1. The zero-order valence-electron chi connectivity index (χ0n) is 10.8. The molecule has 1 unspecified atom stereocenters. The van der Waals surface area contributed by atoms with Crippen molar-refractivity contribution in [2.75, 3.05) is 5.32 Å². The van der Waals surface area contributed by atoms with Crippen molar-refractivity contribution < 1.29 is 18.0 Å². The highest BCUT2D eigenvalue weighted by molar-refractivity contribution is 5.92. The SMILES string of the molecule is CCC(N)CC(=O)Nc1ccc(C(F)(F)F)cc1C#N. The van der Waals surface area contributed by atoms with Gasteiger partial charge in [0.05, 0.1) is 16.8 Å². The molecule has 0 saturated heterocycles. The molecule has 0 fully saturated rings. The fourth-order valence-corrected chi connectivity index (χ4v) is 1.51. The van der Waals surface area contributed by atoms with Crippen molar-refractivity contribution in [3.05, 3.63) is 29.3 Å². The highest BCUT2D eigenvalue weighted by Gasteiger charge is 2.31. The van der Waals surface area contributed by atoms with E-state index < -0.39 is 17.6 Å². The number of nitriles is 1. The molecule has 7 heteroatoms. The number of hydrogen-bond acceptors (Lipinski definition) is 3. The molecule has 0 aromatic heterocycles. The summed E-state index contributed by atoms with van der Waals surface area (Å²) < 4.78 is 37.5. The lowest BCUT2D eigenvalue weighted by Crippen LogP contribution is -2.26. The van der Waals surface area contributed by atoms with E-state index in [0.29, 0.717) is 12.5 Å². The third kappa shape index (κ3) is 4.24. The fourth-order valence-electron chi connectivity index (χ4n) is 1.51. The Morgan fingerprint density at radius 2 is 2.15 bits per heavy atom. The number of hydrogen-bond donors (Lipinski definition) is 2. The number of nitrogens with zero attached hydrogens (tertiary/aromatic N) is 1. The van der Waals surface area contributed by atoms with Gasteiger partial charge in [0.1, 0.15) is 6.07 Å². The molecular weight excluding hydrogens is 271 g/mol. The molecule has 0 aliphatic heterocycles. The average molecular weight is 285 g/mol. The number of carbonyl (C=O) groups is 1. The lowest BCUT2D eigenvalue weighted by atomic mass is 10.1. The highest BCUT2D eigenvalue weighted by atomic mass is 19.4. The van der Waals surface area contributed by atoms with Gasteiger partial charge in [0.2, 0.25) is 5.91 Å². The maximum Gasteiger partial charge on any atom is 0.416 e. The lowest BCUT2D eigenvalue weighted by molar-refractivity contribution is -0.137. The Bertz CT molecular complexity index is 535. The summed E-state index contributed by atoms with van der Waals surface area (Å²) in [6, 6.07) is 3.90. The number of nitrogens with two attached hydrogens (primary N) is 1. The topological polar surface area (TPSA) is 78.9 Å². The van der Waals surface area contributed by atoms with E-state index in [4.69, 9.17) is 11.0 Å². The van der Waals surface area contributed by atoms with Gasteiger partial charge in [-0.1, -0.05) is 6.92 Å². The van der Waals surface area contributed by atoms with Crippen molar-refractivity contribution in [2.24, 2.45) is 5.73 Å². The number of alkyl halides is 3. The lowest BCUT2D eigenvalue weighted by Gasteiger charge is -2.12. The molecule has 0 aliphatic rings. The van der Waals surface area contributed by atoms with Gasteiger partial charge in [0.25, 0.3) is 0 Å². The third-order valence-electron chi connectivity index (χ3n) is 2.71. The van der Waals surface area contributed by atoms with E-state index >= 15 is 0 Å². The standard InChI is InChI=1S/C13H14F3N3O/c1-2-10(18)6-12(20)19-11-4-3-9(13(14,15)16)5-8(11)7-17/h3-5,10H,2,6,18H2,1H3,(H,19,20). The summed E-state index contributed by atoms with van der Waals surface area (Å²) in [7, 11) is 0. The van der Waals surface area contributed by atoms with E-state index in [0.717, 1.165) is 12.1 Å². The quantitative estimate of drug-likeness (QED) is 0.892. The second-order valence-corrected chi connectivity index (χ2v) is 4.29. The number of rotatable bonds is 4. The molecule has 1 aromatic rings. The molecule has 1 amide bonds. The van der Waals surface area contributed by atoms with Crippen molar-refractivity contribution in [1.82, 2.24) is 0 Å². The highest BCUT2D eigenvalue weighted by Crippen LogP contribution is 2.31. The fraction of sp³-hybridized carbons (Fsp3) is 0.385. The minimum Gasteiger partial charge on any atom is -0.327 e. The number of nitrogens with one attached hydrogen (secondary N) is 1. The van der Waals surface area contributed by atoms with Gasteiger partial charge in [-0.25, -0.2) is 0 Å². The summed E-state index contributed by atoms with van der Waals surface area (Å²) in [6.45, 7) is 1.82. The van der Waals surface area contributed by atoms with Crippen LogP contribution in [-0.4, -0.2) is 11.9 Å². The van der Waals surface area contributed by atoms with Crippen LogP contribution in [0.15, 0.2) is 18.2 Å². The van der Waals surface area contributed by atoms with Crippen LogP contribution >= 0.6 is 0 Å². The third-order valence-corrected chi connectivity index (χ3v) is 2.71. The maximum atomic E-state index is 12.5. The zero-order valence-corrected chi connectivity index (χ0v) is 10.8. The zero-order chi connectivity index (χ0) is 15.3. The predicted octanol–water partition coefficient (Wildman–Crippen LogP) is 2.64. The van der Waals surface area contributed by atoms with Gasteiger partial charge in [-0.3, -0.25) is 4.79 Å². The van der Waals surface area contributed by atoms with Gasteiger partial charge >= 0.3 is 6.18 Å². The Labute approximate surface area is 114 Å². The number of benzene rings is 1. The second kappa shape index (κ2) is 6.39. The molecule has 4 nitrogen and oxygen atoms in total. The number of carbonyl (C=O) groups excluding carboxylic acids is 1. The first-order valence-electron chi connectivity index (χ1n) is 5.94. The summed E-state index contributed by atoms with van der Waals surface area (Å²) >= 11 is 0. The predicted molar refractivity (Wildman–Crippen MR) is 67.7 cm³/mol. The molecule has 3 N–H and O–H groups in total. The van der Waals surface area contributed by atoms with Gasteiger partial charge in [-0.05, 0) is 24.6 Å². The smallest absolute Gasteiger partial charge is 0.327 e. The number of halogens is 3. The Hall–Kier alpha value is -2.07. The molecule has 0 saturated carbocycles. The summed E-state index contributed by atoms with van der Waals surface area (Å²) in [5, 5.41) is 11.3. The van der Waals surface area contributed by atoms with Crippen molar-refractivity contribution >= 4 is 11.6 Å². The maximum absolute atomic E-state index is 12.5. The molecule has 20 heavy (non-hydrogen) atoms. The van der Waals surface area contributed by atoms with Crippen molar-refractivity contribution in [3.63, 3.8) is 0 Å². The van der Waals surface area contributed by atoms with Gasteiger partial charge in [-0.2, -0.15) is 18.4 Å². The van der Waals surface area contributed by atoms with Gasteiger partial charge < -0.3 is 11.1 Å². The minimum atomic E-state index is -4.53. The summed E-state index contributed by atoms with van der Waals surface area (Å²) in [6.07, 6.45) is -3.88. The average Bonchev–Trinajstić information content (AvgIpc) is 2.37. The van der Waals surface area contributed by atoms with Crippen LogP contribution in [0, 0.1) is 11.3 Å².